The number of piperidine rings is 1. The first kappa shape index (κ1) is 23.4. The number of nitrogens with zero attached hydrogens (tertiary/aromatic N) is 1. The van der Waals surface area contributed by atoms with E-state index >= 15 is 0 Å². The molecule has 0 radical (unpaired) electrons. The van der Waals surface area contributed by atoms with E-state index in [4.69, 9.17) is 34.8 Å². The van der Waals surface area contributed by atoms with Gasteiger partial charge in [0.25, 0.3) is 0 Å². The molecule has 0 spiro atoms. The highest BCUT2D eigenvalue weighted by atomic mass is 35.5. The summed E-state index contributed by atoms with van der Waals surface area (Å²) in [4.78, 5) is 12.7. The molecule has 2 aromatic carbocycles. The molecular weight excluding hydrogens is 467 g/mol. The molecule has 0 saturated carbocycles. The monoisotopic (exact) mass is 488 g/mol. The van der Waals surface area contributed by atoms with E-state index in [-0.39, 0.29) is 28.3 Å². The van der Waals surface area contributed by atoms with Crippen LogP contribution in [0.1, 0.15) is 24.8 Å². The highest BCUT2D eigenvalue weighted by Gasteiger charge is 2.32. The van der Waals surface area contributed by atoms with Crippen LogP contribution in [0.5, 0.6) is 0 Å². The lowest BCUT2D eigenvalue weighted by atomic mass is 9.98. The first-order chi connectivity index (χ1) is 14.3. The van der Waals surface area contributed by atoms with Crippen molar-refractivity contribution in [2.75, 3.05) is 24.2 Å². The lowest BCUT2D eigenvalue weighted by molar-refractivity contribution is -0.120. The second kappa shape index (κ2) is 10.3. The van der Waals surface area contributed by atoms with Crippen LogP contribution in [0.2, 0.25) is 15.1 Å². The first-order valence-corrected chi connectivity index (χ1v) is 12.5. The summed E-state index contributed by atoms with van der Waals surface area (Å²) in [5, 5.41) is 3.60. The molecule has 1 saturated heterocycles. The molecule has 30 heavy (non-hydrogen) atoms. The molecule has 1 heterocycles. The van der Waals surface area contributed by atoms with Crippen LogP contribution in [0.25, 0.3) is 0 Å². The van der Waals surface area contributed by atoms with Crippen LogP contribution in [0.15, 0.2) is 42.5 Å². The van der Waals surface area contributed by atoms with Gasteiger partial charge in [0.2, 0.25) is 15.9 Å². The van der Waals surface area contributed by atoms with Crippen LogP contribution in [-0.2, 0) is 21.2 Å². The third-order valence-electron chi connectivity index (χ3n) is 5.13. The second-order valence-corrected chi connectivity index (χ2v) is 10.6. The van der Waals surface area contributed by atoms with Crippen molar-refractivity contribution in [3.05, 3.63) is 63.1 Å². The molecule has 1 aliphatic rings. The molecule has 9 heteroatoms. The quantitative estimate of drug-likeness (QED) is 0.539. The number of hydrogen-bond donors (Lipinski definition) is 1. The average Bonchev–Trinajstić information content (AvgIpc) is 2.73. The number of hydrogen-bond acceptors (Lipinski definition) is 3. The number of sulfonamides is 1. The Morgan fingerprint density at radius 2 is 1.77 bits per heavy atom. The summed E-state index contributed by atoms with van der Waals surface area (Å²) in [6.07, 6.45) is 2.48. The molecule has 5 nitrogen and oxygen atoms in total. The van der Waals surface area contributed by atoms with Gasteiger partial charge in [-0.1, -0.05) is 65.1 Å². The highest BCUT2D eigenvalue weighted by Crippen LogP contribution is 2.33. The molecule has 162 valence electrons. The predicted molar refractivity (Wildman–Crippen MR) is 123 cm³/mol. The molecule has 0 unspecified atom stereocenters. The van der Waals surface area contributed by atoms with Gasteiger partial charge < -0.3 is 5.32 Å². The molecule has 1 N–H and O–H groups in total. The minimum Gasteiger partial charge on any atom is -0.324 e. The Kier molecular flexibility index (Phi) is 8.04. The van der Waals surface area contributed by atoms with Crippen LogP contribution < -0.4 is 5.32 Å². The molecule has 1 aliphatic heterocycles. The van der Waals surface area contributed by atoms with Gasteiger partial charge in [0.05, 0.1) is 32.4 Å². The van der Waals surface area contributed by atoms with Gasteiger partial charge in [-0.15, -0.1) is 0 Å². The lowest BCUT2D eigenvalue weighted by Crippen LogP contribution is -2.44. The van der Waals surface area contributed by atoms with E-state index in [2.05, 4.69) is 5.32 Å². The summed E-state index contributed by atoms with van der Waals surface area (Å²) in [5.74, 6) is -0.665. The number of aryl methyl sites for hydroxylation is 1. The van der Waals surface area contributed by atoms with Gasteiger partial charge in [0.15, 0.2) is 0 Å². The fourth-order valence-electron chi connectivity index (χ4n) is 3.49. The number of amides is 1. The summed E-state index contributed by atoms with van der Waals surface area (Å²) in [6, 6.07) is 12.8. The minimum atomic E-state index is -3.42. The second-order valence-electron chi connectivity index (χ2n) is 7.34. The zero-order valence-electron chi connectivity index (χ0n) is 16.3. The molecule has 1 atom stereocenters. The Labute approximate surface area is 192 Å². The maximum absolute atomic E-state index is 12.8. The van der Waals surface area contributed by atoms with Crippen molar-refractivity contribution in [3.8, 4) is 0 Å². The van der Waals surface area contributed by atoms with Crippen molar-refractivity contribution in [2.24, 2.45) is 5.92 Å². The number of anilines is 1. The van der Waals surface area contributed by atoms with Crippen LogP contribution in [-0.4, -0.2) is 37.5 Å². The predicted octanol–water partition coefficient (Wildman–Crippen LogP) is 5.26. The summed E-state index contributed by atoms with van der Waals surface area (Å²) < 4.78 is 27.0. The van der Waals surface area contributed by atoms with E-state index in [1.165, 1.54) is 16.4 Å². The normalized spacial score (nSPS) is 17.6. The molecule has 3 rings (SSSR count). The van der Waals surface area contributed by atoms with E-state index in [9.17, 15) is 13.2 Å². The number of nitrogens with one attached hydrogen (secondary N) is 1. The molecule has 0 aromatic heterocycles. The summed E-state index contributed by atoms with van der Waals surface area (Å²) in [6.45, 7) is 0.601. The molecule has 1 amide bonds. The maximum Gasteiger partial charge on any atom is 0.228 e. The SMILES string of the molecule is O=C(Nc1cc(Cl)c(Cl)cc1Cl)[C@H]1CCCN(S(=O)(=O)CCCc2ccccc2)C1. The van der Waals surface area contributed by atoms with Crippen LogP contribution in [0.3, 0.4) is 0 Å². The molecule has 0 bridgehead atoms. The first-order valence-electron chi connectivity index (χ1n) is 9.73. The van der Waals surface area contributed by atoms with Crippen LogP contribution >= 0.6 is 34.8 Å². The maximum atomic E-state index is 12.8. The standard InChI is InChI=1S/C21H23Cl3N2O3S/c22-17-12-19(24)20(13-18(17)23)25-21(27)16-9-4-10-26(14-16)30(28,29)11-5-8-15-6-2-1-3-7-15/h1-3,6-7,12-13,16H,4-5,8-11,14H2,(H,25,27)/t16-/m0/s1. The zero-order valence-corrected chi connectivity index (χ0v) is 19.4. The van der Waals surface area contributed by atoms with Gasteiger partial charge in [-0.05, 0) is 43.4 Å². The van der Waals surface area contributed by atoms with Crippen LogP contribution in [0, 0.1) is 5.92 Å². The van der Waals surface area contributed by atoms with Crippen molar-refractivity contribution in [2.45, 2.75) is 25.7 Å². The third kappa shape index (κ3) is 6.11. The zero-order chi connectivity index (χ0) is 21.7. The summed E-state index contributed by atoms with van der Waals surface area (Å²) in [5.41, 5.74) is 1.47. The van der Waals surface area contributed by atoms with Gasteiger partial charge in [-0.25, -0.2) is 12.7 Å². The average molecular weight is 490 g/mol. The Hall–Kier alpha value is -1.31. The van der Waals surface area contributed by atoms with Crippen molar-refractivity contribution < 1.29 is 13.2 Å². The van der Waals surface area contributed by atoms with Gasteiger partial charge in [0, 0.05) is 13.1 Å². The lowest BCUT2D eigenvalue weighted by Gasteiger charge is -2.31. The number of carbonyl (C=O) groups is 1. The van der Waals surface area contributed by atoms with E-state index in [1.807, 2.05) is 30.3 Å². The van der Waals surface area contributed by atoms with Gasteiger partial charge >= 0.3 is 0 Å². The minimum absolute atomic E-state index is 0.0643. The smallest absolute Gasteiger partial charge is 0.228 e. The van der Waals surface area contributed by atoms with Crippen molar-refractivity contribution in [3.63, 3.8) is 0 Å². The van der Waals surface area contributed by atoms with Crippen LogP contribution in [0.4, 0.5) is 5.69 Å². The molecule has 1 fully saturated rings. The number of benzene rings is 2. The number of halogens is 3. The molecule has 0 aliphatic carbocycles. The fourth-order valence-corrected chi connectivity index (χ4v) is 5.67. The van der Waals surface area contributed by atoms with Gasteiger partial charge in [-0.2, -0.15) is 0 Å². The highest BCUT2D eigenvalue weighted by molar-refractivity contribution is 7.89. The van der Waals surface area contributed by atoms with E-state index in [0.717, 1.165) is 5.56 Å². The summed E-state index contributed by atoms with van der Waals surface area (Å²) >= 11 is 18.0. The Morgan fingerprint density at radius 3 is 2.50 bits per heavy atom. The van der Waals surface area contributed by atoms with Crippen molar-refractivity contribution in [1.29, 1.82) is 0 Å². The third-order valence-corrected chi connectivity index (χ3v) is 8.08. The van der Waals surface area contributed by atoms with Gasteiger partial charge in [0.1, 0.15) is 0 Å². The summed E-state index contributed by atoms with van der Waals surface area (Å²) in [7, 11) is -3.42. The topological polar surface area (TPSA) is 66.5 Å². The molecular formula is C21H23Cl3N2O3S. The van der Waals surface area contributed by atoms with E-state index < -0.39 is 15.9 Å². The number of rotatable bonds is 7. The Morgan fingerprint density at radius 1 is 1.07 bits per heavy atom. The number of carbonyl (C=O) groups excluding carboxylic acids is 1. The Balaban J connectivity index is 1.58. The van der Waals surface area contributed by atoms with E-state index in [1.54, 1.807) is 0 Å². The largest absolute Gasteiger partial charge is 0.324 e. The Bertz CT molecular complexity index is 1000. The van der Waals surface area contributed by atoms with E-state index in [0.29, 0.717) is 42.9 Å². The van der Waals surface area contributed by atoms with Crippen molar-refractivity contribution >= 4 is 56.4 Å². The fraction of sp³-hybridized carbons (Fsp3) is 0.381. The van der Waals surface area contributed by atoms with Crippen molar-refractivity contribution in [1.82, 2.24) is 4.31 Å². The van der Waals surface area contributed by atoms with Gasteiger partial charge in [-0.3, -0.25) is 4.79 Å². The molecule has 2 aromatic rings.